The monoisotopic (exact) mass is 308 g/mol. The lowest BCUT2D eigenvalue weighted by Crippen LogP contribution is -2.14. The Morgan fingerprint density at radius 2 is 2.26 bits per heavy atom. The third-order valence-corrected chi connectivity index (χ3v) is 4.14. The molecule has 0 bridgehead atoms. The highest BCUT2D eigenvalue weighted by atomic mass is 16.3. The maximum atomic E-state index is 12.4. The Morgan fingerprint density at radius 3 is 3.00 bits per heavy atom. The van der Waals surface area contributed by atoms with Crippen LogP contribution in [-0.2, 0) is 11.8 Å². The summed E-state index contributed by atoms with van der Waals surface area (Å²) in [4.78, 5) is 12.4. The Labute approximate surface area is 133 Å². The van der Waals surface area contributed by atoms with E-state index in [1.807, 2.05) is 48.0 Å². The topological polar surface area (TPSA) is 73.0 Å². The highest BCUT2D eigenvalue weighted by Gasteiger charge is 2.45. The molecule has 2 atom stereocenters. The van der Waals surface area contributed by atoms with Crippen LogP contribution < -0.4 is 5.32 Å². The molecule has 4 rings (SSSR count). The number of amides is 1. The lowest BCUT2D eigenvalue weighted by atomic mass is 10.1. The average molecular weight is 308 g/mol. The van der Waals surface area contributed by atoms with Gasteiger partial charge in [0.2, 0.25) is 5.91 Å². The SMILES string of the molecule is Cn1cnnc1-c1cccc(NC(=O)[C@@H]2C[C@H]2c2ccco2)c1. The Balaban J connectivity index is 1.47. The van der Waals surface area contributed by atoms with Crippen LogP contribution in [0.15, 0.2) is 53.4 Å². The van der Waals surface area contributed by atoms with E-state index in [0.717, 1.165) is 29.3 Å². The highest BCUT2D eigenvalue weighted by molar-refractivity contribution is 5.95. The minimum atomic E-state index is -0.0142. The van der Waals surface area contributed by atoms with Gasteiger partial charge in [0.05, 0.1) is 6.26 Å². The van der Waals surface area contributed by atoms with Gasteiger partial charge in [0.15, 0.2) is 5.82 Å². The summed E-state index contributed by atoms with van der Waals surface area (Å²) in [5.74, 6) is 1.87. The van der Waals surface area contributed by atoms with Crippen LogP contribution in [0.4, 0.5) is 5.69 Å². The summed E-state index contributed by atoms with van der Waals surface area (Å²) in [6.07, 6.45) is 4.13. The molecule has 2 aromatic heterocycles. The van der Waals surface area contributed by atoms with Gasteiger partial charge in [-0.15, -0.1) is 10.2 Å². The van der Waals surface area contributed by atoms with E-state index in [1.54, 1.807) is 12.6 Å². The number of hydrogen-bond donors (Lipinski definition) is 1. The molecule has 3 aromatic rings. The lowest BCUT2D eigenvalue weighted by Gasteiger charge is -2.07. The van der Waals surface area contributed by atoms with E-state index in [2.05, 4.69) is 15.5 Å². The summed E-state index contributed by atoms with van der Waals surface area (Å²) in [7, 11) is 1.89. The van der Waals surface area contributed by atoms with E-state index in [4.69, 9.17) is 4.42 Å². The molecule has 0 spiro atoms. The molecule has 1 aromatic carbocycles. The minimum Gasteiger partial charge on any atom is -0.469 e. The standard InChI is InChI=1S/C17H16N4O2/c1-21-10-18-20-16(21)11-4-2-5-12(8-11)19-17(22)14-9-13(14)15-6-3-7-23-15/h2-8,10,13-14H,9H2,1H3,(H,19,22)/t13-,14-/m1/s1. The van der Waals surface area contributed by atoms with Crippen molar-refractivity contribution in [3.05, 3.63) is 54.7 Å². The number of rotatable bonds is 4. The minimum absolute atomic E-state index is 0.0142. The van der Waals surface area contributed by atoms with Crippen molar-refractivity contribution in [1.29, 1.82) is 0 Å². The number of benzene rings is 1. The Hall–Kier alpha value is -2.89. The normalized spacial score (nSPS) is 19.5. The van der Waals surface area contributed by atoms with Crippen molar-refractivity contribution < 1.29 is 9.21 Å². The fraction of sp³-hybridized carbons (Fsp3) is 0.235. The van der Waals surface area contributed by atoms with Gasteiger partial charge in [-0.3, -0.25) is 4.79 Å². The lowest BCUT2D eigenvalue weighted by molar-refractivity contribution is -0.117. The number of aromatic nitrogens is 3. The zero-order chi connectivity index (χ0) is 15.8. The molecule has 23 heavy (non-hydrogen) atoms. The van der Waals surface area contributed by atoms with Crippen LogP contribution in [0.2, 0.25) is 0 Å². The zero-order valence-electron chi connectivity index (χ0n) is 12.6. The summed E-state index contributed by atoms with van der Waals surface area (Å²) in [6, 6.07) is 11.4. The number of aryl methyl sites for hydroxylation is 1. The molecular formula is C17H16N4O2. The van der Waals surface area contributed by atoms with E-state index in [9.17, 15) is 4.79 Å². The van der Waals surface area contributed by atoms with Crippen molar-refractivity contribution in [3.63, 3.8) is 0 Å². The Kier molecular flexibility index (Phi) is 3.22. The molecule has 1 amide bonds. The second-order valence-electron chi connectivity index (χ2n) is 5.80. The number of hydrogen-bond acceptors (Lipinski definition) is 4. The number of carbonyl (C=O) groups is 1. The number of nitrogens with zero attached hydrogens (tertiary/aromatic N) is 3. The number of anilines is 1. The van der Waals surface area contributed by atoms with Crippen molar-refractivity contribution in [2.75, 3.05) is 5.32 Å². The van der Waals surface area contributed by atoms with Gasteiger partial charge in [-0.1, -0.05) is 12.1 Å². The van der Waals surface area contributed by atoms with E-state index in [-0.39, 0.29) is 17.7 Å². The van der Waals surface area contributed by atoms with Gasteiger partial charge in [0.1, 0.15) is 12.1 Å². The summed E-state index contributed by atoms with van der Waals surface area (Å²) in [5.41, 5.74) is 1.68. The molecule has 1 N–H and O–H groups in total. The zero-order valence-corrected chi connectivity index (χ0v) is 12.6. The van der Waals surface area contributed by atoms with Gasteiger partial charge >= 0.3 is 0 Å². The molecule has 0 aliphatic heterocycles. The fourth-order valence-corrected chi connectivity index (χ4v) is 2.82. The van der Waals surface area contributed by atoms with Crippen molar-refractivity contribution in [2.45, 2.75) is 12.3 Å². The van der Waals surface area contributed by atoms with Gasteiger partial charge < -0.3 is 14.3 Å². The molecule has 1 fully saturated rings. The first-order valence-corrected chi connectivity index (χ1v) is 7.51. The largest absolute Gasteiger partial charge is 0.469 e. The summed E-state index contributed by atoms with van der Waals surface area (Å²) < 4.78 is 7.21. The Morgan fingerprint density at radius 1 is 1.35 bits per heavy atom. The molecule has 0 saturated heterocycles. The van der Waals surface area contributed by atoms with E-state index < -0.39 is 0 Å². The third kappa shape index (κ3) is 2.63. The van der Waals surface area contributed by atoms with E-state index in [0.29, 0.717) is 0 Å². The number of carbonyl (C=O) groups excluding carboxylic acids is 1. The first-order chi connectivity index (χ1) is 11.2. The van der Waals surface area contributed by atoms with Crippen molar-refractivity contribution in [3.8, 4) is 11.4 Å². The molecule has 0 unspecified atom stereocenters. The van der Waals surface area contributed by atoms with Crippen LogP contribution in [0.1, 0.15) is 18.1 Å². The van der Waals surface area contributed by atoms with Crippen LogP contribution in [0.3, 0.4) is 0 Å². The molecular weight excluding hydrogens is 292 g/mol. The predicted molar refractivity (Wildman–Crippen MR) is 84.6 cm³/mol. The molecule has 0 radical (unpaired) electrons. The average Bonchev–Trinajstić information content (AvgIpc) is 2.95. The molecule has 6 heteroatoms. The van der Waals surface area contributed by atoms with Crippen molar-refractivity contribution in [2.24, 2.45) is 13.0 Å². The maximum Gasteiger partial charge on any atom is 0.228 e. The highest BCUT2D eigenvalue weighted by Crippen LogP contribution is 2.48. The van der Waals surface area contributed by atoms with Gasteiger partial charge in [-0.25, -0.2) is 0 Å². The van der Waals surface area contributed by atoms with Crippen LogP contribution in [0, 0.1) is 5.92 Å². The first kappa shape index (κ1) is 13.8. The Bertz CT molecular complexity index is 838. The van der Waals surface area contributed by atoms with Gasteiger partial charge in [-0.2, -0.15) is 0 Å². The second-order valence-corrected chi connectivity index (χ2v) is 5.80. The molecule has 1 saturated carbocycles. The summed E-state index contributed by atoms with van der Waals surface area (Å²) in [5, 5.41) is 10.9. The van der Waals surface area contributed by atoms with Crippen LogP contribution in [0.25, 0.3) is 11.4 Å². The molecule has 1 aliphatic carbocycles. The van der Waals surface area contributed by atoms with Gasteiger partial charge in [0.25, 0.3) is 0 Å². The molecule has 2 heterocycles. The smallest absolute Gasteiger partial charge is 0.228 e. The van der Waals surface area contributed by atoms with Gasteiger partial charge in [-0.05, 0) is 30.7 Å². The van der Waals surface area contributed by atoms with E-state index >= 15 is 0 Å². The van der Waals surface area contributed by atoms with Crippen molar-refractivity contribution >= 4 is 11.6 Å². The number of nitrogens with one attached hydrogen (secondary N) is 1. The molecule has 116 valence electrons. The fourth-order valence-electron chi connectivity index (χ4n) is 2.82. The predicted octanol–water partition coefficient (Wildman–Crippen LogP) is 2.82. The molecule has 6 nitrogen and oxygen atoms in total. The van der Waals surface area contributed by atoms with Crippen LogP contribution in [0.5, 0.6) is 0 Å². The summed E-state index contributed by atoms with van der Waals surface area (Å²) >= 11 is 0. The first-order valence-electron chi connectivity index (χ1n) is 7.51. The van der Waals surface area contributed by atoms with Crippen molar-refractivity contribution in [1.82, 2.24) is 14.8 Å². The quantitative estimate of drug-likeness (QED) is 0.804. The third-order valence-electron chi connectivity index (χ3n) is 4.14. The summed E-state index contributed by atoms with van der Waals surface area (Å²) in [6.45, 7) is 0. The van der Waals surface area contributed by atoms with Gasteiger partial charge in [0, 0.05) is 30.1 Å². The second kappa shape index (κ2) is 5.39. The molecule has 1 aliphatic rings. The van der Waals surface area contributed by atoms with Crippen LogP contribution >= 0.6 is 0 Å². The number of furan rings is 1. The van der Waals surface area contributed by atoms with Crippen LogP contribution in [-0.4, -0.2) is 20.7 Å². The van der Waals surface area contributed by atoms with E-state index in [1.165, 1.54) is 0 Å². The maximum absolute atomic E-state index is 12.4.